The van der Waals surface area contributed by atoms with Crippen molar-refractivity contribution < 1.29 is 29.3 Å². The smallest absolute Gasteiger partial charge is 0.230 e. The number of allylic oxidation sites excluding steroid dienone is 1. The molecule has 1 fully saturated rings. The van der Waals surface area contributed by atoms with Gasteiger partial charge >= 0.3 is 0 Å². The zero-order valence-corrected chi connectivity index (χ0v) is 31.5. The Morgan fingerprint density at radius 1 is 0.925 bits per heavy atom. The van der Waals surface area contributed by atoms with E-state index in [-0.39, 0.29) is 42.1 Å². The maximum absolute atomic E-state index is 9.86. The number of benzene rings is 2. The van der Waals surface area contributed by atoms with E-state index in [0.29, 0.717) is 26.2 Å². The number of unbranched alkanes of at least 4 members (excludes halogenated alkanes) is 2. The minimum atomic E-state index is -1.01. The van der Waals surface area contributed by atoms with Crippen molar-refractivity contribution in [1.82, 2.24) is 4.98 Å². The highest BCUT2D eigenvalue weighted by Gasteiger charge is 2.63. The number of aliphatic hydroxyl groups is 2. The number of aryl methyl sites for hydroxylation is 1. The zero-order valence-electron chi connectivity index (χ0n) is 30.7. The molecule has 2 aromatic carbocycles. The molecule has 1 saturated carbocycles. The number of hydrogen-bond acceptors (Lipinski definition) is 9. The first-order valence-electron chi connectivity index (χ1n) is 19.1. The fraction of sp³-hybridized carbons (Fsp3) is 0.455. The summed E-state index contributed by atoms with van der Waals surface area (Å²) < 4.78 is 20.4. The van der Waals surface area contributed by atoms with Crippen LogP contribution in [0.2, 0.25) is 0 Å². The first-order valence-corrected chi connectivity index (χ1v) is 20.1. The second-order valence-electron chi connectivity index (χ2n) is 14.1. The Morgan fingerprint density at radius 3 is 2.45 bits per heavy atom. The van der Waals surface area contributed by atoms with Gasteiger partial charge in [-0.2, -0.15) is 11.8 Å². The predicted molar refractivity (Wildman–Crippen MR) is 212 cm³/mol. The first-order chi connectivity index (χ1) is 26.1. The van der Waals surface area contributed by atoms with Gasteiger partial charge in [0.25, 0.3) is 0 Å². The summed E-state index contributed by atoms with van der Waals surface area (Å²) in [6.07, 6.45) is 16.3. The van der Waals surface area contributed by atoms with Crippen LogP contribution >= 0.6 is 11.8 Å². The number of pyridine rings is 1. The molecule has 8 nitrogen and oxygen atoms in total. The molecular formula is C44H54N2O6S. The summed E-state index contributed by atoms with van der Waals surface area (Å²) in [4.78, 5) is 10.4. The van der Waals surface area contributed by atoms with Gasteiger partial charge < -0.3 is 29.3 Å². The minimum Gasteiger partial charge on any atom is -0.490 e. The normalized spacial score (nSPS) is 25.1. The minimum absolute atomic E-state index is 0.0107. The zero-order chi connectivity index (χ0) is 36.9. The van der Waals surface area contributed by atoms with Crippen molar-refractivity contribution in [2.75, 3.05) is 32.2 Å². The number of nitrogens with zero attached hydrogens (tertiary/aromatic N) is 2. The number of aromatic nitrogens is 1. The van der Waals surface area contributed by atoms with Crippen LogP contribution in [0.4, 0.5) is 0 Å². The van der Waals surface area contributed by atoms with E-state index in [9.17, 15) is 10.2 Å². The Bertz CT molecular complexity index is 1680. The van der Waals surface area contributed by atoms with Crippen LogP contribution < -0.4 is 9.47 Å². The summed E-state index contributed by atoms with van der Waals surface area (Å²) in [5.74, 6) is 1.69. The van der Waals surface area contributed by atoms with Gasteiger partial charge in [0.05, 0.1) is 23.5 Å². The molecular weight excluding hydrogens is 685 g/mol. The van der Waals surface area contributed by atoms with E-state index < -0.39 is 5.79 Å². The molecule has 0 spiro atoms. The summed E-state index contributed by atoms with van der Waals surface area (Å²) in [5.41, 5.74) is 5.45. The van der Waals surface area contributed by atoms with E-state index in [1.54, 1.807) is 6.08 Å². The van der Waals surface area contributed by atoms with E-state index >= 15 is 0 Å². The monoisotopic (exact) mass is 738 g/mol. The average Bonchev–Trinajstić information content (AvgIpc) is 3.19. The van der Waals surface area contributed by atoms with Gasteiger partial charge in [-0.1, -0.05) is 73.1 Å². The van der Waals surface area contributed by atoms with Crippen LogP contribution in [0.5, 0.6) is 11.5 Å². The average molecular weight is 739 g/mol. The second kappa shape index (κ2) is 19.4. The highest BCUT2D eigenvalue weighted by atomic mass is 32.2. The van der Waals surface area contributed by atoms with Crippen molar-refractivity contribution >= 4 is 17.5 Å². The standard InChI is InChI=1S/C44H54N2O6S/c1-3-25-49-35-16-17-40-38(29-35)42-36(15-9-11-24-48)34(14-8-10-23-47)28-37-39(46-51-31-33-12-6-5-7-13-33)30-41(44(52-40,43(37)42)50-26-4-2)53-27-20-32-18-21-45-22-19-32/h3-7,12-13,16-19,21-22,28-29,34,36,41-43,47-48H,1-2,8-11,14-15,20,23-27,30-31H2/t34-,36+,41-,42+,43+,44+/m0/s1. The third-order valence-corrected chi connectivity index (χ3v) is 12.0. The Morgan fingerprint density at radius 2 is 1.70 bits per heavy atom. The van der Waals surface area contributed by atoms with Crippen LogP contribution in [0.3, 0.4) is 0 Å². The highest BCUT2D eigenvalue weighted by Crippen LogP contribution is 2.62. The molecule has 2 N–H and O–H groups in total. The van der Waals surface area contributed by atoms with Gasteiger partial charge in [0, 0.05) is 43.5 Å². The number of ether oxygens (including phenoxy) is 3. The Labute approximate surface area is 319 Å². The lowest BCUT2D eigenvalue weighted by molar-refractivity contribution is -0.223. The van der Waals surface area contributed by atoms with E-state index in [1.165, 1.54) is 5.56 Å². The number of aliphatic hydroxyl groups excluding tert-OH is 2. The summed E-state index contributed by atoms with van der Waals surface area (Å²) in [6, 6.07) is 20.4. The van der Waals surface area contributed by atoms with E-state index in [0.717, 1.165) is 84.6 Å². The molecule has 0 unspecified atom stereocenters. The lowest BCUT2D eigenvalue weighted by atomic mass is 9.56. The van der Waals surface area contributed by atoms with Crippen LogP contribution in [-0.2, 0) is 22.6 Å². The van der Waals surface area contributed by atoms with Gasteiger partial charge in [0.15, 0.2) is 0 Å². The lowest BCUT2D eigenvalue weighted by Crippen LogP contribution is -2.64. The van der Waals surface area contributed by atoms with Crippen LogP contribution in [0.25, 0.3) is 0 Å². The van der Waals surface area contributed by atoms with Gasteiger partial charge in [-0.25, -0.2) is 0 Å². The molecule has 0 bridgehead atoms. The molecule has 1 aromatic heterocycles. The molecule has 3 aliphatic rings. The van der Waals surface area contributed by atoms with Crippen molar-refractivity contribution in [1.29, 1.82) is 0 Å². The quantitative estimate of drug-likeness (QED) is 0.0638. The summed E-state index contributed by atoms with van der Waals surface area (Å²) >= 11 is 1.86. The molecule has 0 radical (unpaired) electrons. The molecule has 6 atom stereocenters. The van der Waals surface area contributed by atoms with Gasteiger partial charge in [-0.05, 0) is 96.7 Å². The Balaban J connectivity index is 1.49. The maximum atomic E-state index is 9.86. The third-order valence-electron chi connectivity index (χ3n) is 10.7. The van der Waals surface area contributed by atoms with Crippen LogP contribution in [0.1, 0.15) is 67.6 Å². The van der Waals surface area contributed by atoms with Gasteiger partial charge in [0.1, 0.15) is 24.7 Å². The molecule has 53 heavy (non-hydrogen) atoms. The van der Waals surface area contributed by atoms with Gasteiger partial charge in [0.2, 0.25) is 5.79 Å². The fourth-order valence-electron chi connectivity index (χ4n) is 8.35. The number of rotatable bonds is 21. The fourth-order valence-corrected chi connectivity index (χ4v) is 9.76. The Kier molecular flexibility index (Phi) is 14.2. The molecule has 2 heterocycles. The second-order valence-corrected chi connectivity index (χ2v) is 15.4. The summed E-state index contributed by atoms with van der Waals surface area (Å²) in [7, 11) is 0. The van der Waals surface area contributed by atoms with E-state index in [4.69, 9.17) is 24.2 Å². The molecule has 282 valence electrons. The SMILES string of the molecule is C=CCOc1ccc2c(c1)[C@H]1[C@H](CCCCO)[C@@H](CCCCO)C=C3C(=NOCc4ccccc4)C[C@H](SCCc4ccncc4)[C@@](OCC=C)(O2)[C@H]31. The van der Waals surface area contributed by atoms with Gasteiger partial charge in [-0.15, -0.1) is 6.58 Å². The number of thioether (sulfide) groups is 1. The van der Waals surface area contributed by atoms with Crippen LogP contribution in [0, 0.1) is 17.8 Å². The van der Waals surface area contributed by atoms with Crippen molar-refractivity contribution in [3.8, 4) is 11.5 Å². The predicted octanol–water partition coefficient (Wildman–Crippen LogP) is 8.46. The molecule has 0 saturated heterocycles. The molecule has 9 heteroatoms. The topological polar surface area (TPSA) is 103 Å². The molecule has 6 rings (SSSR count). The number of hydrogen-bond donors (Lipinski definition) is 2. The highest BCUT2D eigenvalue weighted by molar-refractivity contribution is 8.00. The van der Waals surface area contributed by atoms with Crippen molar-refractivity contribution in [3.05, 3.63) is 127 Å². The summed E-state index contributed by atoms with van der Waals surface area (Å²) in [5, 5.41) is 24.5. The molecule has 1 aliphatic heterocycles. The lowest BCUT2D eigenvalue weighted by Gasteiger charge is -2.58. The van der Waals surface area contributed by atoms with Gasteiger partial charge in [-0.3, -0.25) is 4.98 Å². The van der Waals surface area contributed by atoms with Crippen LogP contribution in [0.15, 0.2) is 115 Å². The van der Waals surface area contributed by atoms with Crippen molar-refractivity contribution in [3.63, 3.8) is 0 Å². The summed E-state index contributed by atoms with van der Waals surface area (Å²) in [6.45, 7) is 9.34. The number of fused-ring (bicyclic) bond motifs is 2. The third kappa shape index (κ3) is 9.26. The Hall–Kier alpha value is -3.89. The van der Waals surface area contributed by atoms with Crippen molar-refractivity contribution in [2.45, 2.75) is 74.9 Å². The van der Waals surface area contributed by atoms with Crippen molar-refractivity contribution in [2.24, 2.45) is 22.9 Å². The van der Waals surface area contributed by atoms with E-state index in [2.05, 4.69) is 54.5 Å². The van der Waals surface area contributed by atoms with Crippen LogP contribution in [-0.4, -0.2) is 64.1 Å². The number of oxime groups is 1. The first kappa shape index (κ1) is 38.8. The maximum Gasteiger partial charge on any atom is 0.230 e. The molecule has 0 amide bonds. The molecule has 2 aliphatic carbocycles. The molecule has 3 aromatic rings. The largest absolute Gasteiger partial charge is 0.490 e. The van der Waals surface area contributed by atoms with E-state index in [1.807, 2.05) is 60.6 Å².